The average molecular weight is 226 g/mol. The molecule has 0 radical (unpaired) electrons. The number of halogens is 2. The van der Waals surface area contributed by atoms with Crippen LogP contribution >= 0.6 is 0 Å². The third-order valence-corrected chi connectivity index (χ3v) is 2.44. The lowest BCUT2D eigenvalue weighted by Crippen LogP contribution is -2.28. The molecule has 1 rings (SSSR count). The van der Waals surface area contributed by atoms with Gasteiger partial charge in [-0.1, -0.05) is 6.08 Å². The van der Waals surface area contributed by atoms with Crippen LogP contribution in [0.15, 0.2) is 30.9 Å². The molecule has 0 aliphatic carbocycles. The summed E-state index contributed by atoms with van der Waals surface area (Å²) in [4.78, 5) is 0. The Morgan fingerprint density at radius 2 is 2.19 bits per heavy atom. The molecule has 0 saturated carbocycles. The van der Waals surface area contributed by atoms with Gasteiger partial charge in [0.2, 0.25) is 0 Å². The van der Waals surface area contributed by atoms with E-state index < -0.39 is 11.6 Å². The first-order valence-electron chi connectivity index (χ1n) is 5.21. The third-order valence-electron chi connectivity index (χ3n) is 2.44. The van der Waals surface area contributed by atoms with Crippen molar-refractivity contribution in [1.29, 1.82) is 0 Å². The Kier molecular flexibility index (Phi) is 5.08. The Morgan fingerprint density at radius 1 is 1.44 bits per heavy atom. The van der Waals surface area contributed by atoms with Crippen LogP contribution < -0.4 is 11.3 Å². The molecule has 1 unspecified atom stereocenters. The van der Waals surface area contributed by atoms with Crippen LogP contribution in [0.3, 0.4) is 0 Å². The van der Waals surface area contributed by atoms with E-state index in [9.17, 15) is 8.78 Å². The van der Waals surface area contributed by atoms with Gasteiger partial charge in [-0.2, -0.15) is 0 Å². The zero-order chi connectivity index (χ0) is 12.0. The van der Waals surface area contributed by atoms with E-state index >= 15 is 0 Å². The van der Waals surface area contributed by atoms with Crippen LogP contribution in [-0.4, -0.2) is 0 Å². The number of nitrogens with two attached hydrogens (primary N) is 1. The predicted octanol–water partition coefficient (Wildman–Crippen LogP) is 2.83. The van der Waals surface area contributed by atoms with Crippen molar-refractivity contribution in [2.75, 3.05) is 0 Å². The van der Waals surface area contributed by atoms with Crippen LogP contribution in [0, 0.1) is 11.6 Å². The molecule has 2 nitrogen and oxygen atoms in total. The Balaban J connectivity index is 2.77. The van der Waals surface area contributed by atoms with Gasteiger partial charge in [0.05, 0.1) is 0 Å². The number of rotatable bonds is 6. The Bertz CT molecular complexity index is 353. The summed E-state index contributed by atoms with van der Waals surface area (Å²) in [6, 6.07) is 3.02. The molecule has 0 bridgehead atoms. The number of allylic oxidation sites excluding steroid dienone is 1. The molecule has 16 heavy (non-hydrogen) atoms. The lowest BCUT2D eigenvalue weighted by molar-refractivity contribution is 0.469. The summed E-state index contributed by atoms with van der Waals surface area (Å²) < 4.78 is 26.4. The van der Waals surface area contributed by atoms with Gasteiger partial charge >= 0.3 is 0 Å². The Morgan fingerprint density at radius 3 is 2.81 bits per heavy atom. The van der Waals surface area contributed by atoms with Gasteiger partial charge in [-0.15, -0.1) is 6.58 Å². The van der Waals surface area contributed by atoms with E-state index in [-0.39, 0.29) is 11.6 Å². The summed E-state index contributed by atoms with van der Waals surface area (Å²) in [5, 5.41) is 0. The van der Waals surface area contributed by atoms with Crippen molar-refractivity contribution < 1.29 is 8.78 Å². The van der Waals surface area contributed by atoms with Crippen molar-refractivity contribution in [3.8, 4) is 0 Å². The highest BCUT2D eigenvalue weighted by molar-refractivity contribution is 5.22. The molecule has 1 atom stereocenters. The summed E-state index contributed by atoms with van der Waals surface area (Å²) in [5.41, 5.74) is 2.77. The standard InChI is InChI=1S/C12H16F2N2/c1-2-3-4-5-12(16-15)10-8-9(13)6-7-11(10)14/h2,6-8,12,16H,1,3-5,15H2. The molecule has 0 saturated heterocycles. The molecule has 4 heteroatoms. The lowest BCUT2D eigenvalue weighted by Gasteiger charge is -2.16. The smallest absolute Gasteiger partial charge is 0.128 e. The minimum Gasteiger partial charge on any atom is -0.271 e. The van der Waals surface area contributed by atoms with Crippen molar-refractivity contribution >= 4 is 0 Å². The number of nitrogens with one attached hydrogen (secondary N) is 1. The van der Waals surface area contributed by atoms with Crippen LogP contribution in [0.4, 0.5) is 8.78 Å². The lowest BCUT2D eigenvalue weighted by atomic mass is 10.0. The highest BCUT2D eigenvalue weighted by Crippen LogP contribution is 2.22. The summed E-state index contributed by atoms with van der Waals surface area (Å²) in [5.74, 6) is 4.44. The maximum Gasteiger partial charge on any atom is 0.128 e. The quantitative estimate of drug-likeness (QED) is 0.339. The van der Waals surface area contributed by atoms with E-state index in [1.165, 1.54) is 6.07 Å². The predicted molar refractivity (Wildman–Crippen MR) is 60.5 cm³/mol. The first-order chi connectivity index (χ1) is 7.69. The Labute approximate surface area is 94.1 Å². The molecule has 0 aromatic heterocycles. The molecular weight excluding hydrogens is 210 g/mol. The fourth-order valence-electron chi connectivity index (χ4n) is 1.58. The van der Waals surface area contributed by atoms with Gasteiger partial charge in [0.1, 0.15) is 11.6 Å². The van der Waals surface area contributed by atoms with E-state index in [2.05, 4.69) is 12.0 Å². The third kappa shape index (κ3) is 3.40. The Hall–Kier alpha value is -1.26. The van der Waals surface area contributed by atoms with Crippen molar-refractivity contribution in [3.63, 3.8) is 0 Å². The monoisotopic (exact) mass is 226 g/mol. The second-order valence-electron chi connectivity index (χ2n) is 3.60. The van der Waals surface area contributed by atoms with E-state index in [1.807, 2.05) is 0 Å². The van der Waals surface area contributed by atoms with Gasteiger partial charge < -0.3 is 0 Å². The highest BCUT2D eigenvalue weighted by Gasteiger charge is 2.14. The maximum atomic E-state index is 13.4. The largest absolute Gasteiger partial charge is 0.271 e. The molecule has 1 aromatic rings. The van der Waals surface area contributed by atoms with Gasteiger partial charge in [-0.25, -0.2) is 8.78 Å². The molecule has 0 aliphatic heterocycles. The molecule has 0 spiro atoms. The summed E-state index contributed by atoms with van der Waals surface area (Å²) in [6.07, 6.45) is 4.09. The summed E-state index contributed by atoms with van der Waals surface area (Å²) in [6.45, 7) is 3.60. The van der Waals surface area contributed by atoms with Crippen molar-refractivity contribution in [1.82, 2.24) is 5.43 Å². The second kappa shape index (κ2) is 6.35. The summed E-state index contributed by atoms with van der Waals surface area (Å²) in [7, 11) is 0. The SMILES string of the molecule is C=CCCCC(NN)c1cc(F)ccc1F. The highest BCUT2D eigenvalue weighted by atomic mass is 19.1. The van der Waals surface area contributed by atoms with Crippen LogP contribution in [0.25, 0.3) is 0 Å². The fourth-order valence-corrected chi connectivity index (χ4v) is 1.58. The van der Waals surface area contributed by atoms with Gasteiger partial charge in [0, 0.05) is 11.6 Å². The number of benzene rings is 1. The summed E-state index contributed by atoms with van der Waals surface area (Å²) >= 11 is 0. The number of hydrogen-bond acceptors (Lipinski definition) is 2. The maximum absolute atomic E-state index is 13.4. The van der Waals surface area contributed by atoms with E-state index in [0.29, 0.717) is 6.42 Å². The molecule has 0 fully saturated rings. The van der Waals surface area contributed by atoms with Gasteiger partial charge in [-0.3, -0.25) is 11.3 Å². The minimum absolute atomic E-state index is 0.270. The number of hydrazine groups is 1. The van der Waals surface area contributed by atoms with E-state index in [1.54, 1.807) is 6.08 Å². The molecule has 0 heterocycles. The topological polar surface area (TPSA) is 38.0 Å². The van der Waals surface area contributed by atoms with Crippen LogP contribution in [0.5, 0.6) is 0 Å². The van der Waals surface area contributed by atoms with Gasteiger partial charge in [-0.05, 0) is 37.5 Å². The fraction of sp³-hybridized carbons (Fsp3) is 0.333. The molecule has 0 aliphatic rings. The van der Waals surface area contributed by atoms with Crippen molar-refractivity contribution in [2.24, 2.45) is 5.84 Å². The first-order valence-corrected chi connectivity index (χ1v) is 5.21. The zero-order valence-electron chi connectivity index (χ0n) is 9.05. The van der Waals surface area contributed by atoms with Gasteiger partial charge in [0.15, 0.2) is 0 Å². The molecule has 88 valence electrons. The number of hydrogen-bond donors (Lipinski definition) is 2. The van der Waals surface area contributed by atoms with Crippen LogP contribution in [-0.2, 0) is 0 Å². The van der Waals surface area contributed by atoms with E-state index in [4.69, 9.17) is 5.84 Å². The average Bonchev–Trinajstić information content (AvgIpc) is 2.28. The molecular formula is C12H16F2N2. The molecule has 3 N–H and O–H groups in total. The normalized spacial score (nSPS) is 12.4. The zero-order valence-corrected chi connectivity index (χ0v) is 9.05. The van der Waals surface area contributed by atoms with Gasteiger partial charge in [0.25, 0.3) is 0 Å². The van der Waals surface area contributed by atoms with Crippen LogP contribution in [0.2, 0.25) is 0 Å². The molecule has 0 amide bonds. The van der Waals surface area contributed by atoms with Crippen molar-refractivity contribution in [3.05, 3.63) is 48.1 Å². The first kappa shape index (κ1) is 12.8. The number of unbranched alkanes of at least 4 members (excludes halogenated alkanes) is 1. The second-order valence-corrected chi connectivity index (χ2v) is 3.60. The minimum atomic E-state index is -0.458. The van der Waals surface area contributed by atoms with Crippen molar-refractivity contribution in [2.45, 2.75) is 25.3 Å². The molecule has 1 aromatic carbocycles. The van der Waals surface area contributed by atoms with E-state index in [0.717, 1.165) is 25.0 Å². The van der Waals surface area contributed by atoms with Crippen LogP contribution in [0.1, 0.15) is 30.9 Å².